The highest BCUT2D eigenvalue weighted by atomic mass is 32.2. The van der Waals surface area contributed by atoms with E-state index in [9.17, 15) is 8.42 Å². The molecule has 100 valence electrons. The quantitative estimate of drug-likeness (QED) is 0.789. The highest BCUT2D eigenvalue weighted by Crippen LogP contribution is 2.13. The van der Waals surface area contributed by atoms with E-state index in [1.54, 1.807) is 12.1 Å². The molecule has 0 saturated heterocycles. The Morgan fingerprint density at radius 2 is 1.68 bits per heavy atom. The second-order valence-electron chi connectivity index (χ2n) is 4.22. The first-order valence-corrected chi connectivity index (χ1v) is 7.34. The Kier molecular flexibility index (Phi) is 3.91. The van der Waals surface area contributed by atoms with E-state index in [2.05, 4.69) is 0 Å². The zero-order valence-corrected chi connectivity index (χ0v) is 11.4. The summed E-state index contributed by atoms with van der Waals surface area (Å²) in [4.78, 5) is 0.0772. The van der Waals surface area contributed by atoms with E-state index in [1.165, 1.54) is 12.1 Å². The van der Waals surface area contributed by atoms with Crippen LogP contribution < -0.4 is 0 Å². The minimum Gasteiger partial charge on any atom is -0.266 e. The Labute approximate surface area is 115 Å². The second kappa shape index (κ2) is 5.99. The first-order valence-electron chi connectivity index (χ1n) is 6.51. The van der Waals surface area contributed by atoms with Crippen LogP contribution in [0.4, 0.5) is 0 Å². The molecule has 0 radical (unpaired) electrons. The molecule has 0 fully saturated rings. The lowest BCUT2D eigenvalue weighted by Gasteiger charge is -2.06. The average Bonchev–Trinajstić information content (AvgIpc) is 2.39. The van der Waals surface area contributed by atoms with Crippen LogP contribution in [0, 0.1) is 6.92 Å². The summed E-state index contributed by atoms with van der Waals surface area (Å²) < 4.78 is 36.7. The molecule has 0 unspecified atom stereocenters. The van der Waals surface area contributed by atoms with Crippen molar-refractivity contribution in [1.82, 2.24) is 0 Å². The standard InChI is InChI=1S/C15H16O3S/c1-13-7-9-15(10-8-13)19(16,17)18-12-11-14-5-3-2-4-6-14/h2-10H,11-12H2,1H3/i12D/t12-/m1/s1. The molecule has 0 aromatic heterocycles. The van der Waals surface area contributed by atoms with E-state index in [-0.39, 0.29) is 11.3 Å². The molecule has 2 aromatic carbocycles. The SMILES string of the molecule is [2H][C@H](Cc1ccccc1)OS(=O)(=O)c1ccc(C)cc1. The molecule has 3 nitrogen and oxygen atoms in total. The zero-order valence-electron chi connectivity index (χ0n) is 11.6. The van der Waals surface area contributed by atoms with Gasteiger partial charge >= 0.3 is 0 Å². The van der Waals surface area contributed by atoms with Crippen molar-refractivity contribution in [3.05, 3.63) is 65.7 Å². The van der Waals surface area contributed by atoms with Crippen LogP contribution in [0.2, 0.25) is 0 Å². The molecule has 0 spiro atoms. The fourth-order valence-corrected chi connectivity index (χ4v) is 2.42. The molecule has 0 aliphatic carbocycles. The summed E-state index contributed by atoms with van der Waals surface area (Å²) in [5.41, 5.74) is 1.84. The molecule has 2 aromatic rings. The van der Waals surface area contributed by atoms with Crippen LogP contribution in [0.3, 0.4) is 0 Å². The van der Waals surface area contributed by atoms with Crippen molar-refractivity contribution in [3.8, 4) is 0 Å². The van der Waals surface area contributed by atoms with Crippen LogP contribution in [0.15, 0.2) is 59.5 Å². The fraction of sp³-hybridized carbons (Fsp3) is 0.200. The predicted octanol–water partition coefficient (Wildman–Crippen LogP) is 2.94. The van der Waals surface area contributed by atoms with Crippen molar-refractivity contribution < 1.29 is 14.0 Å². The van der Waals surface area contributed by atoms with Crippen LogP contribution in [-0.4, -0.2) is 15.0 Å². The largest absolute Gasteiger partial charge is 0.296 e. The van der Waals surface area contributed by atoms with Gasteiger partial charge in [0.2, 0.25) is 0 Å². The van der Waals surface area contributed by atoms with Gasteiger partial charge in [0.15, 0.2) is 0 Å². The predicted molar refractivity (Wildman–Crippen MR) is 74.5 cm³/mol. The Hall–Kier alpha value is -1.65. The summed E-state index contributed by atoms with van der Waals surface area (Å²) in [5.74, 6) is 0. The number of hydrogen-bond donors (Lipinski definition) is 0. The molecule has 0 aliphatic heterocycles. The normalized spacial score (nSPS) is 13.8. The average molecular weight is 277 g/mol. The van der Waals surface area contributed by atoms with Crippen molar-refractivity contribution in [2.45, 2.75) is 18.2 Å². The van der Waals surface area contributed by atoms with Crippen molar-refractivity contribution in [1.29, 1.82) is 0 Å². The third kappa shape index (κ3) is 3.91. The van der Waals surface area contributed by atoms with Crippen molar-refractivity contribution >= 4 is 10.1 Å². The molecular weight excluding hydrogens is 260 g/mol. The fourth-order valence-electron chi connectivity index (χ4n) is 1.59. The first-order chi connectivity index (χ1) is 9.47. The Bertz CT molecular complexity index is 651. The first kappa shape index (κ1) is 12.4. The summed E-state index contributed by atoms with van der Waals surface area (Å²) in [6.07, 6.45) is 0.228. The van der Waals surface area contributed by atoms with Crippen LogP contribution in [-0.2, 0) is 20.7 Å². The van der Waals surface area contributed by atoms with Gasteiger partial charge in [0.05, 0.1) is 12.8 Å². The molecule has 0 saturated carbocycles. The van der Waals surface area contributed by atoms with E-state index in [1.807, 2.05) is 37.3 Å². The van der Waals surface area contributed by atoms with Gasteiger partial charge in [-0.05, 0) is 31.0 Å². The number of benzene rings is 2. The molecule has 0 bridgehead atoms. The van der Waals surface area contributed by atoms with Gasteiger partial charge in [0, 0.05) is 0 Å². The molecule has 0 amide bonds. The molecular formula is C15H16O3S. The van der Waals surface area contributed by atoms with Crippen molar-refractivity contribution in [2.75, 3.05) is 6.58 Å². The van der Waals surface area contributed by atoms with Gasteiger partial charge in [-0.25, -0.2) is 0 Å². The second-order valence-corrected chi connectivity index (χ2v) is 5.79. The number of rotatable bonds is 5. The van der Waals surface area contributed by atoms with Gasteiger partial charge in [-0.1, -0.05) is 48.0 Å². The van der Waals surface area contributed by atoms with Gasteiger partial charge < -0.3 is 0 Å². The van der Waals surface area contributed by atoms with E-state index >= 15 is 0 Å². The summed E-state index contributed by atoms with van der Waals surface area (Å²) >= 11 is 0. The lowest BCUT2D eigenvalue weighted by molar-refractivity contribution is 0.322. The van der Waals surface area contributed by atoms with Gasteiger partial charge in [-0.15, -0.1) is 0 Å². The van der Waals surface area contributed by atoms with E-state index in [0.29, 0.717) is 0 Å². The van der Waals surface area contributed by atoms with Gasteiger partial charge in [-0.3, -0.25) is 4.18 Å². The maximum absolute atomic E-state index is 12.0. The lowest BCUT2D eigenvalue weighted by Crippen LogP contribution is -2.09. The maximum atomic E-state index is 12.0. The Morgan fingerprint density at radius 1 is 1.05 bits per heavy atom. The van der Waals surface area contributed by atoms with E-state index in [0.717, 1.165) is 11.1 Å². The Morgan fingerprint density at radius 3 is 2.32 bits per heavy atom. The van der Waals surface area contributed by atoms with Crippen molar-refractivity contribution in [2.24, 2.45) is 0 Å². The molecule has 19 heavy (non-hydrogen) atoms. The molecule has 0 aliphatic rings. The Balaban J connectivity index is 2.06. The number of hydrogen-bond acceptors (Lipinski definition) is 3. The molecule has 4 heteroatoms. The van der Waals surface area contributed by atoms with Crippen LogP contribution in [0.25, 0.3) is 0 Å². The van der Waals surface area contributed by atoms with Gasteiger partial charge in [0.25, 0.3) is 10.1 Å². The summed E-state index contributed by atoms with van der Waals surface area (Å²) in [6, 6.07) is 15.6. The van der Waals surface area contributed by atoms with E-state index in [4.69, 9.17) is 5.55 Å². The third-order valence-electron chi connectivity index (χ3n) is 2.67. The monoisotopic (exact) mass is 277 g/mol. The summed E-state index contributed by atoms with van der Waals surface area (Å²) in [5, 5.41) is 0. The highest BCUT2D eigenvalue weighted by molar-refractivity contribution is 7.86. The third-order valence-corrected chi connectivity index (χ3v) is 3.91. The maximum Gasteiger partial charge on any atom is 0.296 e. The van der Waals surface area contributed by atoms with Crippen molar-refractivity contribution in [3.63, 3.8) is 0 Å². The zero-order chi connectivity index (χ0) is 14.6. The molecule has 0 heterocycles. The van der Waals surface area contributed by atoms with Gasteiger partial charge in [0.1, 0.15) is 0 Å². The van der Waals surface area contributed by atoms with Crippen LogP contribution in [0.1, 0.15) is 12.5 Å². The van der Waals surface area contributed by atoms with Gasteiger partial charge in [-0.2, -0.15) is 8.42 Å². The molecule has 2 rings (SSSR count). The highest BCUT2D eigenvalue weighted by Gasteiger charge is 2.14. The summed E-state index contributed by atoms with van der Waals surface area (Å²) in [7, 11) is -3.88. The smallest absolute Gasteiger partial charge is 0.266 e. The molecule has 1 atom stereocenters. The van der Waals surface area contributed by atoms with Crippen LogP contribution in [0.5, 0.6) is 0 Å². The molecule has 0 N–H and O–H groups in total. The van der Waals surface area contributed by atoms with Crippen LogP contribution >= 0.6 is 0 Å². The van der Waals surface area contributed by atoms with E-state index < -0.39 is 16.7 Å². The number of aryl methyl sites for hydroxylation is 2. The minimum absolute atomic E-state index is 0.0772. The summed E-state index contributed by atoms with van der Waals surface area (Å²) in [6.45, 7) is 0.726. The lowest BCUT2D eigenvalue weighted by atomic mass is 10.2. The topological polar surface area (TPSA) is 43.4 Å². The minimum atomic E-state index is -3.88.